The zero-order valence-corrected chi connectivity index (χ0v) is 12.3. The number of nitrogens with zero attached hydrogens (tertiary/aromatic N) is 3. The van der Waals surface area contributed by atoms with Crippen LogP contribution >= 0.6 is 0 Å². The molecule has 5 nitrogen and oxygen atoms in total. The van der Waals surface area contributed by atoms with E-state index in [1.165, 1.54) is 0 Å². The number of hydrogen-bond donors (Lipinski definition) is 1. The van der Waals surface area contributed by atoms with E-state index in [4.69, 9.17) is 5.11 Å². The first-order valence-corrected chi connectivity index (χ1v) is 7.00. The lowest BCUT2D eigenvalue weighted by atomic mass is 10.2. The molecule has 0 bridgehead atoms. The summed E-state index contributed by atoms with van der Waals surface area (Å²) in [4.78, 5) is 12.9. The summed E-state index contributed by atoms with van der Waals surface area (Å²) in [6.07, 6.45) is 4.70. The van der Waals surface area contributed by atoms with Crippen molar-refractivity contribution in [2.45, 2.75) is 58.7 Å². The Morgan fingerprint density at radius 1 is 1.37 bits per heavy atom. The van der Waals surface area contributed by atoms with Gasteiger partial charge in [0.15, 0.2) is 0 Å². The van der Waals surface area contributed by atoms with Crippen LogP contribution in [0.2, 0.25) is 0 Å². The quantitative estimate of drug-likeness (QED) is 0.786. The van der Waals surface area contributed by atoms with E-state index in [1.807, 2.05) is 35.8 Å². The van der Waals surface area contributed by atoms with Gasteiger partial charge in [-0.05, 0) is 32.4 Å². The van der Waals surface area contributed by atoms with Gasteiger partial charge in [-0.15, -0.1) is 0 Å². The molecule has 0 saturated heterocycles. The summed E-state index contributed by atoms with van der Waals surface area (Å²) in [5.41, 5.74) is 0.925. The summed E-state index contributed by atoms with van der Waals surface area (Å²) in [5.74, 6) is -0.774. The largest absolute Gasteiger partial charge is 0.480 e. The summed E-state index contributed by atoms with van der Waals surface area (Å²) in [5, 5.41) is 13.7. The van der Waals surface area contributed by atoms with Crippen LogP contribution in [0, 0.1) is 0 Å². The Kier molecular flexibility index (Phi) is 6.02. The molecule has 0 saturated carbocycles. The Hall–Kier alpha value is -1.36. The van der Waals surface area contributed by atoms with Crippen LogP contribution in [0.3, 0.4) is 0 Å². The molecule has 0 radical (unpaired) electrons. The van der Waals surface area contributed by atoms with Crippen LogP contribution < -0.4 is 0 Å². The summed E-state index contributed by atoms with van der Waals surface area (Å²) >= 11 is 0. The lowest BCUT2D eigenvalue weighted by molar-refractivity contribution is -0.143. The van der Waals surface area contributed by atoms with Gasteiger partial charge in [0.2, 0.25) is 0 Å². The van der Waals surface area contributed by atoms with Crippen molar-refractivity contribution in [3.8, 4) is 0 Å². The molecule has 0 amide bonds. The number of hydrogen-bond acceptors (Lipinski definition) is 3. The second-order valence-corrected chi connectivity index (χ2v) is 4.93. The number of rotatable bonds is 8. The topological polar surface area (TPSA) is 58.4 Å². The lowest BCUT2D eigenvalue weighted by Crippen LogP contribution is -2.37. The van der Waals surface area contributed by atoms with E-state index in [2.05, 4.69) is 18.9 Å². The number of aliphatic carboxylic acids is 1. The molecule has 108 valence electrons. The summed E-state index contributed by atoms with van der Waals surface area (Å²) in [6, 6.07) is 1.96. The molecule has 0 aromatic carbocycles. The monoisotopic (exact) mass is 267 g/mol. The normalized spacial score (nSPS) is 13.2. The minimum atomic E-state index is -0.774. The Morgan fingerprint density at radius 3 is 2.47 bits per heavy atom. The number of likely N-dealkylation sites (N-methyl/N-ethyl adjacent to an activating group) is 1. The van der Waals surface area contributed by atoms with Crippen LogP contribution in [0.5, 0.6) is 0 Å². The molecule has 1 unspecified atom stereocenters. The fourth-order valence-electron chi connectivity index (χ4n) is 2.37. The van der Waals surface area contributed by atoms with E-state index in [9.17, 15) is 4.79 Å². The second-order valence-electron chi connectivity index (χ2n) is 4.93. The fourth-order valence-corrected chi connectivity index (χ4v) is 2.37. The third kappa shape index (κ3) is 4.06. The van der Waals surface area contributed by atoms with Gasteiger partial charge < -0.3 is 5.11 Å². The van der Waals surface area contributed by atoms with Crippen LogP contribution in [0.25, 0.3) is 0 Å². The third-order valence-corrected chi connectivity index (χ3v) is 3.60. The van der Waals surface area contributed by atoms with Crippen LogP contribution in [0.4, 0.5) is 0 Å². The molecule has 19 heavy (non-hydrogen) atoms. The first-order chi connectivity index (χ1) is 9.03. The molecular formula is C14H25N3O2. The van der Waals surface area contributed by atoms with Gasteiger partial charge in [0.25, 0.3) is 0 Å². The van der Waals surface area contributed by atoms with Gasteiger partial charge in [0.05, 0.1) is 11.7 Å². The Balaban J connectivity index is 2.70. The second kappa shape index (κ2) is 7.28. The Bertz CT molecular complexity index is 399. The number of carboxylic acid groups (broad SMARTS) is 1. The number of carbonyl (C=O) groups is 1. The van der Waals surface area contributed by atoms with Crippen LogP contribution in [-0.4, -0.2) is 38.8 Å². The molecule has 0 aliphatic rings. The third-order valence-electron chi connectivity index (χ3n) is 3.60. The summed E-state index contributed by atoms with van der Waals surface area (Å²) < 4.78 is 1.99. The standard InChI is InChI=1S/C14H25N3O2/c1-5-12(6-2)17-9-8-11(15-17)10-16(4)13(7-3)14(18)19/h8-9,12-13H,5-7,10H2,1-4H3,(H,18,19). The molecule has 1 aromatic rings. The zero-order chi connectivity index (χ0) is 14.4. The molecule has 1 atom stereocenters. The van der Waals surface area contributed by atoms with Crippen molar-refractivity contribution >= 4 is 5.97 Å². The summed E-state index contributed by atoms with van der Waals surface area (Å²) in [6.45, 7) is 6.76. The molecule has 0 fully saturated rings. The highest BCUT2D eigenvalue weighted by Gasteiger charge is 2.21. The van der Waals surface area contributed by atoms with Gasteiger partial charge >= 0.3 is 5.97 Å². The van der Waals surface area contributed by atoms with Crippen molar-refractivity contribution in [1.82, 2.24) is 14.7 Å². The van der Waals surface area contributed by atoms with Crippen LogP contribution in [-0.2, 0) is 11.3 Å². The fraction of sp³-hybridized carbons (Fsp3) is 0.714. The molecule has 0 aliphatic heterocycles. The van der Waals surface area contributed by atoms with E-state index in [0.29, 0.717) is 19.0 Å². The predicted octanol–water partition coefficient (Wildman–Crippen LogP) is 2.54. The van der Waals surface area contributed by atoms with E-state index in [1.54, 1.807) is 0 Å². The van der Waals surface area contributed by atoms with Gasteiger partial charge in [0.1, 0.15) is 6.04 Å². The first-order valence-electron chi connectivity index (χ1n) is 7.00. The zero-order valence-electron chi connectivity index (χ0n) is 12.3. The smallest absolute Gasteiger partial charge is 0.320 e. The highest BCUT2D eigenvalue weighted by Crippen LogP contribution is 2.15. The van der Waals surface area contributed by atoms with Crippen molar-refractivity contribution in [1.29, 1.82) is 0 Å². The lowest BCUT2D eigenvalue weighted by Gasteiger charge is -2.22. The minimum Gasteiger partial charge on any atom is -0.480 e. The molecule has 1 aromatic heterocycles. The maximum Gasteiger partial charge on any atom is 0.320 e. The molecule has 1 heterocycles. The average Bonchev–Trinajstić information content (AvgIpc) is 2.79. The highest BCUT2D eigenvalue weighted by atomic mass is 16.4. The Labute approximate surface area is 115 Å². The van der Waals surface area contributed by atoms with Gasteiger partial charge in [-0.3, -0.25) is 14.4 Å². The molecule has 0 aliphatic carbocycles. The van der Waals surface area contributed by atoms with Crippen molar-refractivity contribution in [3.63, 3.8) is 0 Å². The molecule has 1 N–H and O–H groups in total. The predicted molar refractivity (Wildman–Crippen MR) is 75.0 cm³/mol. The van der Waals surface area contributed by atoms with Crippen LogP contribution in [0.15, 0.2) is 12.3 Å². The van der Waals surface area contributed by atoms with Crippen molar-refractivity contribution in [2.75, 3.05) is 7.05 Å². The van der Waals surface area contributed by atoms with Crippen molar-refractivity contribution < 1.29 is 9.90 Å². The van der Waals surface area contributed by atoms with Gasteiger partial charge in [-0.1, -0.05) is 20.8 Å². The van der Waals surface area contributed by atoms with Gasteiger partial charge in [-0.25, -0.2) is 0 Å². The van der Waals surface area contributed by atoms with E-state index >= 15 is 0 Å². The molecule has 0 spiro atoms. The maximum atomic E-state index is 11.1. The van der Waals surface area contributed by atoms with E-state index in [0.717, 1.165) is 18.5 Å². The number of carboxylic acids is 1. The van der Waals surface area contributed by atoms with Crippen molar-refractivity contribution in [2.24, 2.45) is 0 Å². The van der Waals surface area contributed by atoms with Gasteiger partial charge in [-0.2, -0.15) is 5.10 Å². The molecular weight excluding hydrogens is 242 g/mol. The Morgan fingerprint density at radius 2 is 2.00 bits per heavy atom. The van der Waals surface area contributed by atoms with Crippen molar-refractivity contribution in [3.05, 3.63) is 18.0 Å². The number of aromatic nitrogens is 2. The highest BCUT2D eigenvalue weighted by molar-refractivity contribution is 5.73. The van der Waals surface area contributed by atoms with Gasteiger partial charge in [0, 0.05) is 12.7 Å². The minimum absolute atomic E-state index is 0.431. The van der Waals surface area contributed by atoms with E-state index < -0.39 is 12.0 Å². The van der Waals surface area contributed by atoms with E-state index in [-0.39, 0.29) is 0 Å². The average molecular weight is 267 g/mol. The first kappa shape index (κ1) is 15.7. The van der Waals surface area contributed by atoms with Crippen LogP contribution in [0.1, 0.15) is 51.8 Å². The molecule has 1 rings (SSSR count). The SMILES string of the molecule is CCC(C(=O)O)N(C)Cc1ccn(C(CC)CC)n1. The maximum absolute atomic E-state index is 11.1. The summed E-state index contributed by atoms with van der Waals surface area (Å²) in [7, 11) is 1.83. The molecule has 5 heteroatoms.